The minimum absolute atomic E-state index is 0.752. The van der Waals surface area contributed by atoms with E-state index in [4.69, 9.17) is 0 Å². The van der Waals surface area contributed by atoms with Gasteiger partial charge in [-0.2, -0.15) is 0 Å². The highest BCUT2D eigenvalue weighted by atomic mass is 32.2. The van der Waals surface area contributed by atoms with Crippen molar-refractivity contribution in [2.45, 2.75) is 0 Å². The molecule has 1 atom stereocenters. The van der Waals surface area contributed by atoms with Gasteiger partial charge in [0.25, 0.3) is 0 Å². The van der Waals surface area contributed by atoms with E-state index in [1.54, 1.807) is 0 Å². The van der Waals surface area contributed by atoms with Crippen LogP contribution in [0.3, 0.4) is 0 Å². The van der Waals surface area contributed by atoms with Crippen LogP contribution in [0.5, 0.6) is 0 Å². The van der Waals surface area contributed by atoms with E-state index in [2.05, 4.69) is 9.89 Å². The molecule has 0 aromatic carbocycles. The maximum atomic E-state index is 11.0. The van der Waals surface area contributed by atoms with Crippen molar-refractivity contribution in [1.29, 1.82) is 0 Å². The quantitative estimate of drug-likeness (QED) is 0.455. The molecule has 2 aliphatic rings. The zero-order valence-corrected chi connectivity index (χ0v) is 5.86. The van der Waals surface area contributed by atoms with Crippen LogP contribution in [-0.2, 0) is 10.8 Å². The molecule has 0 aliphatic carbocycles. The summed E-state index contributed by atoms with van der Waals surface area (Å²) in [5.41, 5.74) is 0. The van der Waals surface area contributed by atoms with Crippen LogP contribution in [-0.4, -0.2) is 39.7 Å². The molecule has 0 saturated carbocycles. The largest absolute Gasteiger partial charge is 0.347 e. The lowest BCUT2D eigenvalue weighted by atomic mass is 10.6. The number of aliphatic imine (C=N–C) groups is 1. The molecule has 0 amide bonds. The van der Waals surface area contributed by atoms with Crippen LogP contribution in [0.15, 0.2) is 4.99 Å². The smallest absolute Gasteiger partial charge is 0.190 e. The van der Waals surface area contributed by atoms with Gasteiger partial charge in [-0.05, 0) is 0 Å². The van der Waals surface area contributed by atoms with Crippen LogP contribution in [0.2, 0.25) is 0 Å². The molecule has 2 rings (SSSR count). The minimum Gasteiger partial charge on any atom is -0.347 e. The van der Waals surface area contributed by atoms with Crippen LogP contribution in [0, 0.1) is 0 Å². The van der Waals surface area contributed by atoms with E-state index >= 15 is 0 Å². The second kappa shape index (κ2) is 1.80. The molecule has 1 unspecified atom stereocenters. The maximum absolute atomic E-state index is 11.0. The molecule has 0 aromatic heterocycles. The SMILES string of the molecule is O=S1CCN2CCN=C21. The first-order chi connectivity index (χ1) is 4.38. The summed E-state index contributed by atoms with van der Waals surface area (Å²) in [6.45, 7) is 2.79. The first-order valence-electron chi connectivity index (χ1n) is 3.06. The van der Waals surface area contributed by atoms with Crippen molar-refractivity contribution in [1.82, 2.24) is 4.90 Å². The molecule has 2 heterocycles. The van der Waals surface area contributed by atoms with E-state index in [0.29, 0.717) is 0 Å². The number of nitrogens with zero attached hydrogens (tertiary/aromatic N) is 2. The Bertz CT molecular complexity index is 189. The normalized spacial score (nSPS) is 32.7. The van der Waals surface area contributed by atoms with E-state index in [1.807, 2.05) is 0 Å². The number of rotatable bonds is 0. The number of hydrogen-bond donors (Lipinski definition) is 0. The van der Waals surface area contributed by atoms with Gasteiger partial charge in [-0.1, -0.05) is 0 Å². The molecule has 4 heteroatoms. The van der Waals surface area contributed by atoms with Gasteiger partial charge in [0.1, 0.15) is 0 Å². The van der Waals surface area contributed by atoms with Crippen molar-refractivity contribution in [2.24, 2.45) is 4.99 Å². The summed E-state index contributed by atoms with van der Waals surface area (Å²) in [6, 6.07) is 0. The van der Waals surface area contributed by atoms with Crippen molar-refractivity contribution in [3.8, 4) is 0 Å². The van der Waals surface area contributed by atoms with Crippen LogP contribution >= 0.6 is 0 Å². The Morgan fingerprint density at radius 1 is 1.56 bits per heavy atom. The van der Waals surface area contributed by atoms with Crippen LogP contribution in [0.4, 0.5) is 0 Å². The fourth-order valence-corrected chi connectivity index (χ4v) is 2.44. The first-order valence-corrected chi connectivity index (χ1v) is 4.37. The molecule has 0 radical (unpaired) electrons. The molecule has 0 aromatic rings. The molecule has 0 spiro atoms. The van der Waals surface area contributed by atoms with E-state index < -0.39 is 10.8 Å². The summed E-state index contributed by atoms with van der Waals surface area (Å²) in [4.78, 5) is 6.23. The van der Waals surface area contributed by atoms with Gasteiger partial charge in [-0.15, -0.1) is 0 Å². The number of fused-ring (bicyclic) bond motifs is 1. The predicted molar refractivity (Wildman–Crippen MR) is 36.9 cm³/mol. The van der Waals surface area contributed by atoms with E-state index in [9.17, 15) is 4.21 Å². The molecule has 1 saturated heterocycles. The van der Waals surface area contributed by atoms with Crippen LogP contribution in [0.1, 0.15) is 0 Å². The Hall–Kier alpha value is -0.380. The second-order valence-corrected chi connectivity index (χ2v) is 3.67. The monoisotopic (exact) mass is 144 g/mol. The predicted octanol–water partition coefficient (Wildman–Crippen LogP) is -0.580. The Morgan fingerprint density at radius 3 is 3.22 bits per heavy atom. The summed E-state index contributed by atoms with van der Waals surface area (Å²) in [6.07, 6.45) is 0. The molecular formula is C5H8N2OS. The van der Waals surface area contributed by atoms with E-state index in [1.165, 1.54) is 0 Å². The van der Waals surface area contributed by atoms with Gasteiger partial charge < -0.3 is 4.90 Å². The molecule has 1 fully saturated rings. The lowest BCUT2D eigenvalue weighted by molar-refractivity contribution is 0.504. The van der Waals surface area contributed by atoms with Gasteiger partial charge in [0.15, 0.2) is 5.17 Å². The summed E-state index contributed by atoms with van der Waals surface area (Å²) in [7, 11) is -0.752. The lowest BCUT2D eigenvalue weighted by Crippen LogP contribution is -2.21. The van der Waals surface area contributed by atoms with Crippen molar-refractivity contribution >= 4 is 16.0 Å². The zero-order valence-electron chi connectivity index (χ0n) is 5.04. The number of hydrogen-bond acceptors (Lipinski definition) is 3. The van der Waals surface area contributed by atoms with Crippen molar-refractivity contribution in [3.05, 3.63) is 0 Å². The van der Waals surface area contributed by atoms with Gasteiger partial charge in [-0.3, -0.25) is 9.20 Å². The van der Waals surface area contributed by atoms with Crippen LogP contribution < -0.4 is 0 Å². The Morgan fingerprint density at radius 2 is 2.44 bits per heavy atom. The summed E-state index contributed by atoms with van der Waals surface area (Å²) >= 11 is 0. The third-order valence-corrected chi connectivity index (χ3v) is 2.99. The molecule has 9 heavy (non-hydrogen) atoms. The van der Waals surface area contributed by atoms with Gasteiger partial charge in [0, 0.05) is 18.8 Å². The Kier molecular flexibility index (Phi) is 1.08. The highest BCUT2D eigenvalue weighted by Crippen LogP contribution is 2.11. The van der Waals surface area contributed by atoms with Crippen molar-refractivity contribution < 1.29 is 4.21 Å². The average Bonchev–Trinajstić information content (AvgIpc) is 2.35. The maximum Gasteiger partial charge on any atom is 0.190 e. The highest BCUT2D eigenvalue weighted by molar-refractivity contribution is 8.00. The van der Waals surface area contributed by atoms with Crippen molar-refractivity contribution in [3.63, 3.8) is 0 Å². The minimum atomic E-state index is -0.752. The third-order valence-electron chi connectivity index (χ3n) is 1.64. The van der Waals surface area contributed by atoms with Gasteiger partial charge in [0.05, 0.1) is 17.3 Å². The van der Waals surface area contributed by atoms with E-state index in [0.717, 1.165) is 30.6 Å². The fraction of sp³-hybridized carbons (Fsp3) is 0.800. The first kappa shape index (κ1) is 5.41. The van der Waals surface area contributed by atoms with Gasteiger partial charge >= 0.3 is 0 Å². The molecule has 3 nitrogen and oxygen atoms in total. The third kappa shape index (κ3) is 0.694. The summed E-state index contributed by atoms with van der Waals surface area (Å²) in [5.74, 6) is 0.791. The molecule has 50 valence electrons. The number of amidine groups is 1. The highest BCUT2D eigenvalue weighted by Gasteiger charge is 2.28. The molecule has 0 N–H and O–H groups in total. The Labute approximate surface area is 56.2 Å². The van der Waals surface area contributed by atoms with Gasteiger partial charge in [-0.25, -0.2) is 0 Å². The topological polar surface area (TPSA) is 32.7 Å². The molecular weight excluding hydrogens is 136 g/mol. The van der Waals surface area contributed by atoms with Crippen molar-refractivity contribution in [2.75, 3.05) is 25.4 Å². The summed E-state index contributed by atoms with van der Waals surface area (Å²) in [5, 5.41) is 0.843. The van der Waals surface area contributed by atoms with Crippen LogP contribution in [0.25, 0.3) is 0 Å². The lowest BCUT2D eigenvalue weighted by Gasteiger charge is -2.06. The fourth-order valence-electron chi connectivity index (χ4n) is 1.17. The average molecular weight is 144 g/mol. The molecule has 2 aliphatic heterocycles. The Balaban J connectivity index is 2.32. The zero-order chi connectivity index (χ0) is 6.27. The molecule has 0 bridgehead atoms. The second-order valence-electron chi connectivity index (χ2n) is 2.20. The van der Waals surface area contributed by atoms with Gasteiger partial charge in [0.2, 0.25) is 0 Å². The van der Waals surface area contributed by atoms with E-state index in [-0.39, 0.29) is 0 Å². The standard InChI is InChI=1S/C5H8N2OS/c8-9-4-3-7-2-1-6-5(7)9/h1-4H2. The summed E-state index contributed by atoms with van der Waals surface area (Å²) < 4.78 is 11.0.